The summed E-state index contributed by atoms with van der Waals surface area (Å²) in [5.41, 5.74) is 0. The number of ether oxygens (including phenoxy) is 2. The highest BCUT2D eigenvalue weighted by Crippen LogP contribution is 2.33. The molecule has 1 aromatic rings. The molecule has 0 fully saturated rings. The maximum atomic E-state index is 11.6. The number of hydrogen-bond acceptors (Lipinski definition) is 4. The number of hydrogen-bond donors (Lipinski definition) is 1. The van der Waals surface area contributed by atoms with Crippen molar-refractivity contribution in [1.82, 2.24) is 5.32 Å². The van der Waals surface area contributed by atoms with Gasteiger partial charge in [-0.05, 0) is 19.9 Å². The summed E-state index contributed by atoms with van der Waals surface area (Å²) in [5.74, 6) is -0.506. The molecule has 1 amide bonds. The normalized spacial score (nSPS) is 10.5. The average Bonchev–Trinajstić information content (AvgIpc) is 2.40. The molecule has 0 aromatic heterocycles. The Kier molecular flexibility index (Phi) is 7.79. The number of benzene rings is 1. The van der Waals surface area contributed by atoms with Crippen molar-refractivity contribution in [3.63, 3.8) is 0 Å². The van der Waals surface area contributed by atoms with Gasteiger partial charge in [-0.15, -0.1) is 0 Å². The summed E-state index contributed by atoms with van der Waals surface area (Å²) in [7, 11) is 0. The van der Waals surface area contributed by atoms with Gasteiger partial charge in [-0.3, -0.25) is 9.59 Å². The molecule has 1 aromatic carbocycles. The molecule has 0 saturated heterocycles. The molecule has 0 radical (unpaired) electrons. The molecule has 0 unspecified atom stereocenters. The topological polar surface area (TPSA) is 64.6 Å². The lowest BCUT2D eigenvalue weighted by atomic mass is 10.3. The molecule has 0 aliphatic rings. The van der Waals surface area contributed by atoms with Crippen molar-refractivity contribution < 1.29 is 19.1 Å². The zero-order valence-electron chi connectivity index (χ0n) is 12.1. The Labute approximate surface area is 143 Å². The molecule has 8 heteroatoms. The van der Waals surface area contributed by atoms with Crippen LogP contribution in [0.25, 0.3) is 0 Å². The third kappa shape index (κ3) is 6.73. The minimum Gasteiger partial charge on any atom is -0.482 e. The highest BCUT2D eigenvalue weighted by atomic mass is 35.5. The van der Waals surface area contributed by atoms with E-state index in [1.165, 1.54) is 12.1 Å². The smallest absolute Gasteiger partial charge is 0.307 e. The quantitative estimate of drug-likeness (QED) is 0.591. The number of halogens is 3. The van der Waals surface area contributed by atoms with Gasteiger partial charge in [0, 0.05) is 12.6 Å². The largest absolute Gasteiger partial charge is 0.482 e. The molecule has 22 heavy (non-hydrogen) atoms. The zero-order chi connectivity index (χ0) is 16.7. The SMILES string of the molecule is CC(C)OC(=O)CCNC(=O)COc1cc(Cl)c(Cl)cc1Cl. The van der Waals surface area contributed by atoms with Gasteiger partial charge >= 0.3 is 5.97 Å². The fraction of sp³-hybridized carbons (Fsp3) is 0.429. The maximum absolute atomic E-state index is 11.6. The van der Waals surface area contributed by atoms with Crippen LogP contribution in [0.2, 0.25) is 15.1 Å². The molecule has 5 nitrogen and oxygen atoms in total. The molecule has 0 spiro atoms. The summed E-state index contributed by atoms with van der Waals surface area (Å²) >= 11 is 17.5. The van der Waals surface area contributed by atoms with Gasteiger partial charge in [-0.25, -0.2) is 0 Å². The first-order valence-corrected chi connectivity index (χ1v) is 7.66. The lowest BCUT2D eigenvalue weighted by Gasteiger charge is -2.10. The molecule has 0 saturated carbocycles. The number of amides is 1. The van der Waals surface area contributed by atoms with Crippen molar-refractivity contribution in [3.8, 4) is 5.75 Å². The van der Waals surface area contributed by atoms with Gasteiger partial charge in [0.15, 0.2) is 6.61 Å². The molecule has 0 aliphatic carbocycles. The summed E-state index contributed by atoms with van der Waals surface area (Å²) in [4.78, 5) is 22.9. The van der Waals surface area contributed by atoms with Crippen LogP contribution >= 0.6 is 34.8 Å². The minimum atomic E-state index is -0.389. The van der Waals surface area contributed by atoms with E-state index >= 15 is 0 Å². The standard InChI is InChI=1S/C14H16Cl3NO4/c1-8(2)22-14(20)3-4-18-13(19)7-21-12-6-10(16)9(15)5-11(12)17/h5-6,8H,3-4,7H2,1-2H3,(H,18,19). The van der Waals surface area contributed by atoms with E-state index in [-0.39, 0.29) is 53.3 Å². The summed E-state index contributed by atoms with van der Waals surface area (Å²) in [5, 5.41) is 3.36. The highest BCUT2D eigenvalue weighted by molar-refractivity contribution is 6.43. The van der Waals surface area contributed by atoms with Crippen LogP contribution in [0.5, 0.6) is 5.75 Å². The number of esters is 1. The number of rotatable bonds is 7. The van der Waals surface area contributed by atoms with Crippen LogP contribution in [0.1, 0.15) is 20.3 Å². The monoisotopic (exact) mass is 367 g/mol. The van der Waals surface area contributed by atoms with E-state index in [2.05, 4.69) is 5.32 Å². The number of carbonyl (C=O) groups excluding carboxylic acids is 2. The van der Waals surface area contributed by atoms with Gasteiger partial charge in [0.1, 0.15) is 5.75 Å². The molecular weight excluding hydrogens is 353 g/mol. The van der Waals surface area contributed by atoms with Gasteiger partial charge in [-0.1, -0.05) is 34.8 Å². The first-order chi connectivity index (χ1) is 10.3. The van der Waals surface area contributed by atoms with Crippen molar-refractivity contribution in [3.05, 3.63) is 27.2 Å². The van der Waals surface area contributed by atoms with Crippen LogP contribution in [0.15, 0.2) is 12.1 Å². The molecule has 1 rings (SSSR count). The second-order valence-corrected chi connectivity index (χ2v) is 5.85. The average molecular weight is 369 g/mol. The lowest BCUT2D eigenvalue weighted by Crippen LogP contribution is -2.31. The van der Waals surface area contributed by atoms with Crippen LogP contribution in [-0.2, 0) is 14.3 Å². The van der Waals surface area contributed by atoms with Crippen LogP contribution in [0.4, 0.5) is 0 Å². The first-order valence-electron chi connectivity index (χ1n) is 6.53. The molecule has 1 N–H and O–H groups in total. The predicted octanol–water partition coefficient (Wildman–Crippen LogP) is 3.48. The number of carbonyl (C=O) groups is 2. The fourth-order valence-electron chi connectivity index (χ4n) is 1.44. The Morgan fingerprint density at radius 2 is 1.77 bits per heavy atom. The van der Waals surface area contributed by atoms with Gasteiger partial charge in [-0.2, -0.15) is 0 Å². The summed E-state index contributed by atoms with van der Waals surface area (Å²) in [6.45, 7) is 3.43. The van der Waals surface area contributed by atoms with E-state index in [1.54, 1.807) is 13.8 Å². The van der Waals surface area contributed by atoms with Crippen molar-refractivity contribution in [2.24, 2.45) is 0 Å². The molecule has 0 aliphatic heterocycles. The molecule has 122 valence electrons. The minimum absolute atomic E-state index is 0.0947. The summed E-state index contributed by atoms with van der Waals surface area (Å²) in [6, 6.07) is 2.86. The third-order valence-corrected chi connectivity index (χ3v) is 3.37. The molecular formula is C14H16Cl3NO4. The highest BCUT2D eigenvalue weighted by Gasteiger charge is 2.10. The van der Waals surface area contributed by atoms with Crippen LogP contribution in [0.3, 0.4) is 0 Å². The zero-order valence-corrected chi connectivity index (χ0v) is 14.4. The second kappa shape index (κ2) is 9.08. The van der Waals surface area contributed by atoms with Crippen LogP contribution < -0.4 is 10.1 Å². The van der Waals surface area contributed by atoms with Gasteiger partial charge in [0.05, 0.1) is 27.6 Å². The molecule has 0 atom stereocenters. The van der Waals surface area contributed by atoms with E-state index in [4.69, 9.17) is 44.3 Å². The maximum Gasteiger partial charge on any atom is 0.307 e. The first kappa shape index (κ1) is 18.9. The Morgan fingerprint density at radius 3 is 2.41 bits per heavy atom. The fourth-order valence-corrected chi connectivity index (χ4v) is 2.03. The van der Waals surface area contributed by atoms with Gasteiger partial charge in [0.25, 0.3) is 5.91 Å². The third-order valence-electron chi connectivity index (χ3n) is 2.35. The van der Waals surface area contributed by atoms with E-state index in [0.717, 1.165) is 0 Å². The van der Waals surface area contributed by atoms with E-state index in [1.807, 2.05) is 0 Å². The lowest BCUT2D eigenvalue weighted by molar-refractivity contribution is -0.147. The van der Waals surface area contributed by atoms with E-state index in [0.29, 0.717) is 5.02 Å². The van der Waals surface area contributed by atoms with Crippen molar-refractivity contribution in [2.75, 3.05) is 13.2 Å². The number of nitrogens with one attached hydrogen (secondary N) is 1. The Balaban J connectivity index is 2.35. The molecule has 0 heterocycles. The van der Waals surface area contributed by atoms with Crippen LogP contribution in [0, 0.1) is 0 Å². The Bertz CT molecular complexity index is 549. The van der Waals surface area contributed by atoms with Crippen molar-refractivity contribution in [2.45, 2.75) is 26.4 Å². The summed E-state index contributed by atoms with van der Waals surface area (Å²) in [6.07, 6.45) is -0.0828. The van der Waals surface area contributed by atoms with E-state index < -0.39 is 0 Å². The van der Waals surface area contributed by atoms with Crippen molar-refractivity contribution >= 4 is 46.7 Å². The summed E-state index contributed by atoms with van der Waals surface area (Å²) < 4.78 is 10.2. The molecule has 0 bridgehead atoms. The second-order valence-electron chi connectivity index (χ2n) is 4.62. The Morgan fingerprint density at radius 1 is 1.14 bits per heavy atom. The van der Waals surface area contributed by atoms with Crippen molar-refractivity contribution in [1.29, 1.82) is 0 Å². The van der Waals surface area contributed by atoms with Gasteiger partial charge in [0.2, 0.25) is 0 Å². The van der Waals surface area contributed by atoms with Crippen LogP contribution in [-0.4, -0.2) is 31.1 Å². The van der Waals surface area contributed by atoms with Gasteiger partial charge < -0.3 is 14.8 Å². The Hall–Kier alpha value is -1.17. The predicted molar refractivity (Wildman–Crippen MR) is 85.8 cm³/mol. The van der Waals surface area contributed by atoms with E-state index in [9.17, 15) is 9.59 Å².